The Kier molecular flexibility index (Phi) is 2.41. The van der Waals surface area contributed by atoms with Gasteiger partial charge < -0.3 is 11.5 Å². The van der Waals surface area contributed by atoms with Gasteiger partial charge in [-0.25, -0.2) is 13.8 Å². The summed E-state index contributed by atoms with van der Waals surface area (Å²) in [5.41, 5.74) is 9.50. The molecule has 0 saturated carbocycles. The summed E-state index contributed by atoms with van der Waals surface area (Å²) in [6.07, 6.45) is -2.70. The van der Waals surface area contributed by atoms with Gasteiger partial charge in [0.05, 0.1) is 5.56 Å². The van der Waals surface area contributed by atoms with Crippen molar-refractivity contribution in [1.29, 1.82) is 0 Å². The van der Waals surface area contributed by atoms with Crippen LogP contribution in [0.25, 0.3) is 0 Å². The highest BCUT2D eigenvalue weighted by atomic mass is 19.3. The molecule has 13 heavy (non-hydrogen) atoms. The van der Waals surface area contributed by atoms with Gasteiger partial charge >= 0.3 is 0 Å². The first-order chi connectivity index (χ1) is 6.02. The molecule has 0 aliphatic rings. The highest BCUT2D eigenvalue weighted by molar-refractivity contribution is 5.91. The van der Waals surface area contributed by atoms with E-state index in [-0.39, 0.29) is 11.5 Å². The number of hydrogen-bond donors (Lipinski definition) is 2. The first kappa shape index (κ1) is 9.37. The summed E-state index contributed by atoms with van der Waals surface area (Å²) in [6.45, 7) is 0. The summed E-state index contributed by atoms with van der Waals surface area (Å²) in [6, 6.07) is 2.15. The summed E-state index contributed by atoms with van der Waals surface area (Å²) in [7, 11) is 0. The number of aromatic nitrogens is 1. The minimum Gasteiger partial charge on any atom is -0.383 e. The Balaban J connectivity index is 3.13. The number of primary amides is 1. The smallest absolute Gasteiger partial charge is 0.267 e. The molecule has 70 valence electrons. The van der Waals surface area contributed by atoms with Crippen molar-refractivity contribution in [3.05, 3.63) is 23.4 Å². The Hall–Kier alpha value is -1.72. The summed E-state index contributed by atoms with van der Waals surface area (Å²) < 4.78 is 24.2. The van der Waals surface area contributed by atoms with E-state index >= 15 is 0 Å². The molecule has 0 fully saturated rings. The first-order valence-electron chi connectivity index (χ1n) is 3.36. The number of anilines is 1. The van der Waals surface area contributed by atoms with Crippen molar-refractivity contribution in [3.8, 4) is 0 Å². The topological polar surface area (TPSA) is 82.0 Å². The zero-order valence-electron chi connectivity index (χ0n) is 6.50. The van der Waals surface area contributed by atoms with Gasteiger partial charge in [-0.15, -0.1) is 0 Å². The van der Waals surface area contributed by atoms with Crippen LogP contribution in [0, 0.1) is 0 Å². The second-order valence-corrected chi connectivity index (χ2v) is 2.34. The standard InChI is InChI=1S/C7H7F2N3O/c8-5(9)3-1-2-4(7(11)13)12-6(3)10/h1-2,5H,(H2,10,12)(H2,11,13). The highest BCUT2D eigenvalue weighted by Gasteiger charge is 2.13. The molecule has 1 aromatic rings. The first-order valence-corrected chi connectivity index (χ1v) is 3.36. The van der Waals surface area contributed by atoms with Gasteiger partial charge in [0.2, 0.25) is 0 Å². The maximum absolute atomic E-state index is 12.1. The lowest BCUT2D eigenvalue weighted by molar-refractivity contribution is 0.0995. The van der Waals surface area contributed by atoms with E-state index in [1.54, 1.807) is 0 Å². The van der Waals surface area contributed by atoms with Gasteiger partial charge in [0.25, 0.3) is 12.3 Å². The van der Waals surface area contributed by atoms with Crippen molar-refractivity contribution in [2.45, 2.75) is 6.43 Å². The van der Waals surface area contributed by atoms with E-state index in [4.69, 9.17) is 11.5 Å². The molecule has 1 amide bonds. The lowest BCUT2D eigenvalue weighted by atomic mass is 10.2. The number of carbonyl (C=O) groups excluding carboxylic acids is 1. The average molecular weight is 187 g/mol. The minimum absolute atomic E-state index is 0.123. The zero-order valence-corrected chi connectivity index (χ0v) is 6.50. The molecule has 1 aromatic heterocycles. The van der Waals surface area contributed by atoms with Crippen molar-refractivity contribution < 1.29 is 13.6 Å². The Labute approximate surface area is 72.6 Å². The molecule has 6 heteroatoms. The lowest BCUT2D eigenvalue weighted by Gasteiger charge is -2.03. The van der Waals surface area contributed by atoms with Crippen molar-refractivity contribution in [2.24, 2.45) is 5.73 Å². The number of hydrogen-bond acceptors (Lipinski definition) is 3. The number of nitrogens with zero attached hydrogens (tertiary/aromatic N) is 1. The number of rotatable bonds is 2. The third-order valence-corrected chi connectivity index (χ3v) is 1.44. The molecule has 0 spiro atoms. The number of carbonyl (C=O) groups is 1. The summed E-state index contributed by atoms with van der Waals surface area (Å²) in [5.74, 6) is -1.17. The van der Waals surface area contributed by atoms with E-state index in [1.165, 1.54) is 0 Å². The van der Waals surface area contributed by atoms with Crippen molar-refractivity contribution in [2.75, 3.05) is 5.73 Å². The fourth-order valence-corrected chi connectivity index (χ4v) is 0.807. The highest BCUT2D eigenvalue weighted by Crippen LogP contribution is 2.23. The van der Waals surface area contributed by atoms with Gasteiger partial charge in [0.15, 0.2) is 0 Å². The molecule has 0 aromatic carbocycles. The maximum atomic E-state index is 12.1. The number of pyridine rings is 1. The monoisotopic (exact) mass is 187 g/mol. The van der Waals surface area contributed by atoms with Gasteiger partial charge in [-0.05, 0) is 12.1 Å². The Bertz CT molecular complexity index is 341. The second kappa shape index (κ2) is 3.34. The number of nitrogens with two attached hydrogens (primary N) is 2. The van der Waals surface area contributed by atoms with Crippen LogP contribution in [0.3, 0.4) is 0 Å². The lowest BCUT2D eigenvalue weighted by Crippen LogP contribution is -2.14. The largest absolute Gasteiger partial charge is 0.383 e. The van der Waals surface area contributed by atoms with E-state index in [1.807, 2.05) is 0 Å². The normalized spacial score (nSPS) is 10.4. The van der Waals surface area contributed by atoms with E-state index in [0.29, 0.717) is 0 Å². The van der Waals surface area contributed by atoms with E-state index in [9.17, 15) is 13.6 Å². The molecule has 0 saturated heterocycles. The van der Waals surface area contributed by atoms with Crippen LogP contribution in [0.2, 0.25) is 0 Å². The molecule has 4 N–H and O–H groups in total. The Morgan fingerprint density at radius 3 is 2.46 bits per heavy atom. The number of amides is 1. The average Bonchev–Trinajstić information content (AvgIpc) is 2.03. The van der Waals surface area contributed by atoms with Crippen LogP contribution in [0.1, 0.15) is 22.5 Å². The van der Waals surface area contributed by atoms with E-state index in [2.05, 4.69) is 4.98 Å². The molecular weight excluding hydrogens is 180 g/mol. The molecule has 0 radical (unpaired) electrons. The molecule has 4 nitrogen and oxygen atoms in total. The second-order valence-electron chi connectivity index (χ2n) is 2.34. The number of nitrogen functional groups attached to an aromatic ring is 1. The molecule has 0 aliphatic heterocycles. The summed E-state index contributed by atoms with van der Waals surface area (Å²) in [5, 5.41) is 0. The van der Waals surface area contributed by atoms with Gasteiger partial charge in [-0.3, -0.25) is 4.79 Å². The van der Waals surface area contributed by atoms with Crippen LogP contribution in [0.15, 0.2) is 12.1 Å². The fraction of sp³-hybridized carbons (Fsp3) is 0.143. The van der Waals surface area contributed by atoms with Crippen LogP contribution in [-0.2, 0) is 0 Å². The molecule has 1 rings (SSSR count). The maximum Gasteiger partial charge on any atom is 0.267 e. The third kappa shape index (κ3) is 1.90. The van der Waals surface area contributed by atoms with E-state index in [0.717, 1.165) is 12.1 Å². The number of halogens is 2. The van der Waals surface area contributed by atoms with Crippen molar-refractivity contribution in [3.63, 3.8) is 0 Å². The van der Waals surface area contributed by atoms with Crippen LogP contribution in [0.5, 0.6) is 0 Å². The molecule has 1 heterocycles. The zero-order chi connectivity index (χ0) is 10.0. The van der Waals surface area contributed by atoms with Crippen molar-refractivity contribution in [1.82, 2.24) is 4.98 Å². The Morgan fingerprint density at radius 2 is 2.08 bits per heavy atom. The quantitative estimate of drug-likeness (QED) is 0.714. The third-order valence-electron chi connectivity index (χ3n) is 1.44. The van der Waals surface area contributed by atoms with Crippen LogP contribution >= 0.6 is 0 Å². The van der Waals surface area contributed by atoms with E-state index < -0.39 is 17.9 Å². The molecule has 0 aliphatic carbocycles. The predicted octanol–water partition coefficient (Wildman–Crippen LogP) is 0.700. The van der Waals surface area contributed by atoms with Crippen LogP contribution < -0.4 is 11.5 Å². The van der Waals surface area contributed by atoms with Gasteiger partial charge in [-0.1, -0.05) is 0 Å². The SMILES string of the molecule is NC(=O)c1ccc(C(F)F)c(N)n1. The fourth-order valence-electron chi connectivity index (χ4n) is 0.807. The predicted molar refractivity (Wildman–Crippen MR) is 42.1 cm³/mol. The molecular formula is C7H7F2N3O. The van der Waals surface area contributed by atoms with Gasteiger partial charge in [0.1, 0.15) is 11.5 Å². The Morgan fingerprint density at radius 1 is 1.46 bits per heavy atom. The minimum atomic E-state index is -2.70. The van der Waals surface area contributed by atoms with Gasteiger partial charge in [-0.2, -0.15) is 0 Å². The molecule has 0 bridgehead atoms. The van der Waals surface area contributed by atoms with Crippen LogP contribution in [0.4, 0.5) is 14.6 Å². The van der Waals surface area contributed by atoms with Crippen molar-refractivity contribution >= 4 is 11.7 Å². The summed E-state index contributed by atoms with van der Waals surface area (Å²) in [4.78, 5) is 14.0. The number of alkyl halides is 2. The van der Waals surface area contributed by atoms with Crippen LogP contribution in [-0.4, -0.2) is 10.9 Å². The molecule has 0 unspecified atom stereocenters. The van der Waals surface area contributed by atoms with Gasteiger partial charge in [0, 0.05) is 0 Å². The summed E-state index contributed by atoms with van der Waals surface area (Å²) >= 11 is 0. The molecule has 0 atom stereocenters.